The van der Waals surface area contributed by atoms with Crippen LogP contribution in [0, 0.1) is 28.1 Å². The molecule has 0 aromatic heterocycles. The largest absolute Gasteiger partial charge is 0.496 e. The monoisotopic (exact) mass is 494 g/mol. The lowest BCUT2D eigenvalue weighted by molar-refractivity contribution is -0.178. The summed E-state index contributed by atoms with van der Waals surface area (Å²) in [6.07, 6.45) is 10.1. The molecule has 2 bridgehead atoms. The topological polar surface area (TPSA) is 60.4 Å². The van der Waals surface area contributed by atoms with Gasteiger partial charge in [-0.2, -0.15) is 0 Å². The first-order valence-corrected chi connectivity index (χ1v) is 13.7. The molecule has 4 atom stereocenters. The SMILES string of the molecule is CC(C)=CCCC1(C)C(CC=C(C)C)CC23CCOC2=C(CC=C(C)C)C(=O)C1(C(=O)C(C)C)C3=O. The smallest absolute Gasteiger partial charge is 0.184 e. The van der Waals surface area contributed by atoms with Crippen LogP contribution >= 0.6 is 0 Å². The Morgan fingerprint density at radius 2 is 1.61 bits per heavy atom. The predicted molar refractivity (Wildman–Crippen MR) is 145 cm³/mol. The number of hydrogen-bond donors (Lipinski definition) is 0. The summed E-state index contributed by atoms with van der Waals surface area (Å²) in [5.74, 6) is -0.523. The van der Waals surface area contributed by atoms with Crippen LogP contribution in [0.25, 0.3) is 0 Å². The Morgan fingerprint density at radius 1 is 1.00 bits per heavy atom. The first-order valence-electron chi connectivity index (χ1n) is 13.7. The summed E-state index contributed by atoms with van der Waals surface area (Å²) in [5, 5.41) is 0. The van der Waals surface area contributed by atoms with Crippen molar-refractivity contribution in [3.05, 3.63) is 46.3 Å². The quantitative estimate of drug-likeness (QED) is 0.246. The molecule has 1 spiro atoms. The van der Waals surface area contributed by atoms with Gasteiger partial charge in [0.1, 0.15) is 5.76 Å². The van der Waals surface area contributed by atoms with Gasteiger partial charge in [-0.05, 0) is 85.0 Å². The fourth-order valence-corrected chi connectivity index (χ4v) is 6.92. The van der Waals surface area contributed by atoms with Gasteiger partial charge in [0, 0.05) is 17.9 Å². The summed E-state index contributed by atoms with van der Waals surface area (Å²) < 4.78 is 6.13. The molecule has 36 heavy (non-hydrogen) atoms. The van der Waals surface area contributed by atoms with E-state index >= 15 is 0 Å². The highest BCUT2D eigenvalue weighted by Crippen LogP contribution is 2.69. The fraction of sp³-hybridized carbons (Fsp3) is 0.656. The molecule has 4 heteroatoms. The number of carbonyl (C=O) groups is 3. The van der Waals surface area contributed by atoms with Gasteiger partial charge in [-0.1, -0.05) is 55.7 Å². The minimum atomic E-state index is -1.67. The highest BCUT2D eigenvalue weighted by molar-refractivity contribution is 6.33. The molecule has 1 saturated carbocycles. The summed E-state index contributed by atoms with van der Waals surface area (Å²) in [7, 11) is 0. The van der Waals surface area contributed by atoms with E-state index in [1.54, 1.807) is 0 Å². The molecular formula is C32H46O4. The molecule has 1 saturated heterocycles. The summed E-state index contributed by atoms with van der Waals surface area (Å²) in [6.45, 7) is 18.4. The van der Waals surface area contributed by atoms with E-state index in [1.807, 2.05) is 33.8 Å². The van der Waals surface area contributed by atoms with Crippen LogP contribution in [0.15, 0.2) is 46.3 Å². The van der Waals surface area contributed by atoms with Gasteiger partial charge in [0.05, 0.1) is 12.0 Å². The predicted octanol–water partition coefficient (Wildman–Crippen LogP) is 7.50. The van der Waals surface area contributed by atoms with Gasteiger partial charge in [0.2, 0.25) is 0 Å². The number of ketones is 3. The van der Waals surface area contributed by atoms with Gasteiger partial charge in [0.25, 0.3) is 0 Å². The molecule has 0 aromatic rings. The summed E-state index contributed by atoms with van der Waals surface area (Å²) in [6, 6.07) is 0. The number of allylic oxidation sites excluding steroid dienone is 8. The van der Waals surface area contributed by atoms with Crippen LogP contribution in [-0.2, 0) is 19.1 Å². The van der Waals surface area contributed by atoms with Crippen LogP contribution < -0.4 is 0 Å². The van der Waals surface area contributed by atoms with Crippen molar-refractivity contribution in [2.24, 2.45) is 28.1 Å². The fourth-order valence-electron chi connectivity index (χ4n) is 6.92. The molecule has 0 radical (unpaired) electrons. The molecule has 0 aromatic carbocycles. The van der Waals surface area contributed by atoms with E-state index < -0.39 is 22.2 Å². The molecule has 3 rings (SSSR count). The summed E-state index contributed by atoms with van der Waals surface area (Å²) >= 11 is 0. The van der Waals surface area contributed by atoms with E-state index in [0.29, 0.717) is 43.6 Å². The second kappa shape index (κ2) is 10.3. The Hall–Kier alpha value is -2.23. The van der Waals surface area contributed by atoms with Crippen molar-refractivity contribution in [3.8, 4) is 0 Å². The van der Waals surface area contributed by atoms with Gasteiger partial charge in [-0.25, -0.2) is 0 Å². The maximum Gasteiger partial charge on any atom is 0.184 e. The van der Waals surface area contributed by atoms with E-state index in [4.69, 9.17) is 4.74 Å². The zero-order valence-electron chi connectivity index (χ0n) is 24.0. The van der Waals surface area contributed by atoms with E-state index in [2.05, 4.69) is 46.8 Å². The van der Waals surface area contributed by atoms with Crippen LogP contribution in [0.3, 0.4) is 0 Å². The molecular weight excluding hydrogens is 448 g/mol. The number of hydrogen-bond acceptors (Lipinski definition) is 4. The number of carbonyl (C=O) groups excluding carboxylic acids is 3. The zero-order chi connectivity index (χ0) is 27.1. The Morgan fingerprint density at radius 3 is 2.17 bits per heavy atom. The standard InChI is InChI=1S/C32H46O4/c1-20(2)11-10-16-30(9)24(14-12-21(3)4)19-31-17-18-36-28(31)25(15-13-22(5)6)27(34)32(30,29(31)35)26(33)23(7)8/h11-13,23-24H,10,14-19H2,1-9H3. The minimum absolute atomic E-state index is 0.0176. The Balaban J connectivity index is 2.38. The number of rotatable bonds is 9. The van der Waals surface area contributed by atoms with Crippen molar-refractivity contribution in [2.45, 2.75) is 101 Å². The second-order valence-electron chi connectivity index (χ2n) is 12.6. The average Bonchev–Trinajstić information content (AvgIpc) is 3.19. The molecule has 2 aliphatic carbocycles. The zero-order valence-corrected chi connectivity index (χ0v) is 24.0. The van der Waals surface area contributed by atoms with Crippen molar-refractivity contribution < 1.29 is 19.1 Å². The van der Waals surface area contributed by atoms with Gasteiger partial charge in [-0.15, -0.1) is 0 Å². The highest BCUT2D eigenvalue weighted by Gasteiger charge is 2.77. The van der Waals surface area contributed by atoms with Crippen molar-refractivity contribution in [2.75, 3.05) is 6.61 Å². The molecule has 4 unspecified atom stereocenters. The van der Waals surface area contributed by atoms with E-state index in [9.17, 15) is 14.4 Å². The molecule has 1 aliphatic heterocycles. The summed E-state index contributed by atoms with van der Waals surface area (Å²) in [4.78, 5) is 43.9. The molecule has 0 N–H and O–H groups in total. The third-order valence-electron chi connectivity index (χ3n) is 8.86. The third kappa shape index (κ3) is 4.29. The first kappa shape index (κ1) is 28.3. The normalized spacial score (nSPS) is 31.1. The van der Waals surface area contributed by atoms with Crippen LogP contribution in [0.5, 0.6) is 0 Å². The van der Waals surface area contributed by atoms with Crippen molar-refractivity contribution in [1.29, 1.82) is 0 Å². The van der Waals surface area contributed by atoms with Crippen LogP contribution in [-0.4, -0.2) is 24.0 Å². The van der Waals surface area contributed by atoms with E-state index in [-0.39, 0.29) is 23.3 Å². The van der Waals surface area contributed by atoms with E-state index in [0.717, 1.165) is 18.4 Å². The molecule has 2 fully saturated rings. The van der Waals surface area contributed by atoms with Gasteiger partial charge in [0.15, 0.2) is 22.8 Å². The van der Waals surface area contributed by atoms with Gasteiger partial charge >= 0.3 is 0 Å². The van der Waals surface area contributed by atoms with Crippen molar-refractivity contribution in [3.63, 3.8) is 0 Å². The van der Waals surface area contributed by atoms with E-state index in [1.165, 1.54) is 11.1 Å². The lowest BCUT2D eigenvalue weighted by Crippen LogP contribution is -2.70. The Labute approximate surface area is 218 Å². The molecule has 3 aliphatic rings. The van der Waals surface area contributed by atoms with Gasteiger partial charge in [-0.3, -0.25) is 14.4 Å². The average molecular weight is 495 g/mol. The third-order valence-corrected chi connectivity index (χ3v) is 8.86. The molecule has 0 amide bonds. The van der Waals surface area contributed by atoms with Gasteiger partial charge < -0.3 is 4.74 Å². The highest BCUT2D eigenvalue weighted by atomic mass is 16.5. The lowest BCUT2D eigenvalue weighted by atomic mass is 9.38. The number of Topliss-reactive ketones (excluding diaryl/α,β-unsaturated/α-hetero) is 3. The summed E-state index contributed by atoms with van der Waals surface area (Å²) in [5.41, 5.74) is 0.734. The van der Waals surface area contributed by atoms with Crippen LogP contribution in [0.2, 0.25) is 0 Å². The lowest BCUT2D eigenvalue weighted by Gasteiger charge is -2.60. The maximum atomic E-state index is 14.8. The van der Waals surface area contributed by atoms with Crippen LogP contribution in [0.4, 0.5) is 0 Å². The molecule has 198 valence electrons. The van der Waals surface area contributed by atoms with Crippen molar-refractivity contribution >= 4 is 17.3 Å². The Kier molecular flexibility index (Phi) is 8.08. The second-order valence-corrected chi connectivity index (χ2v) is 12.6. The first-order chi connectivity index (χ1) is 16.8. The minimum Gasteiger partial charge on any atom is -0.496 e. The molecule has 1 heterocycles. The van der Waals surface area contributed by atoms with Crippen LogP contribution in [0.1, 0.15) is 101 Å². The molecule has 4 nitrogen and oxygen atoms in total. The number of ether oxygens (including phenoxy) is 1. The maximum absolute atomic E-state index is 14.8. The Bertz CT molecular complexity index is 1060. The van der Waals surface area contributed by atoms with Crippen molar-refractivity contribution in [1.82, 2.24) is 0 Å². The number of fused-ring (bicyclic) bond motifs is 1.